The first kappa shape index (κ1) is 11.6. The van der Waals surface area contributed by atoms with E-state index in [1.54, 1.807) is 6.20 Å². The molecule has 16 heavy (non-hydrogen) atoms. The smallest absolute Gasteiger partial charge is 0.225 e. The molecular weight excluding hydrogens is 224 g/mol. The van der Waals surface area contributed by atoms with Crippen LogP contribution in [0.25, 0.3) is 0 Å². The normalized spacial score (nSPS) is 25.4. The van der Waals surface area contributed by atoms with Crippen molar-refractivity contribution < 1.29 is 4.74 Å². The average molecular weight is 241 g/mol. The van der Waals surface area contributed by atoms with Crippen LogP contribution in [0.5, 0.6) is 5.88 Å². The Bertz CT molecular complexity index is 370. The lowest BCUT2D eigenvalue weighted by Gasteiger charge is -2.29. The van der Waals surface area contributed by atoms with Crippen molar-refractivity contribution >= 4 is 11.6 Å². The summed E-state index contributed by atoms with van der Waals surface area (Å²) in [4.78, 5) is 8.06. The van der Waals surface area contributed by atoms with Crippen molar-refractivity contribution in [1.29, 1.82) is 0 Å². The van der Waals surface area contributed by atoms with Gasteiger partial charge in [-0.15, -0.1) is 0 Å². The van der Waals surface area contributed by atoms with Crippen molar-refractivity contribution in [2.24, 2.45) is 5.92 Å². The molecule has 1 saturated carbocycles. The first-order valence-corrected chi connectivity index (χ1v) is 6.20. The van der Waals surface area contributed by atoms with Crippen LogP contribution in [0.1, 0.15) is 38.2 Å². The van der Waals surface area contributed by atoms with Gasteiger partial charge >= 0.3 is 0 Å². The van der Waals surface area contributed by atoms with Gasteiger partial charge in [0.05, 0.1) is 0 Å². The number of hydrogen-bond donors (Lipinski definition) is 0. The number of aromatic nitrogens is 2. The molecule has 88 valence electrons. The zero-order valence-electron chi connectivity index (χ0n) is 9.74. The summed E-state index contributed by atoms with van der Waals surface area (Å²) >= 11 is 5.77. The summed E-state index contributed by atoms with van der Waals surface area (Å²) in [6, 6.07) is 0. The molecule has 0 amide bonds. The van der Waals surface area contributed by atoms with Crippen molar-refractivity contribution in [2.45, 2.75) is 45.6 Å². The maximum absolute atomic E-state index is 5.94. The van der Waals surface area contributed by atoms with Gasteiger partial charge in [0, 0.05) is 11.8 Å². The SMILES string of the molecule is Cc1cnc(Cl)nc1OC1CCCCC1C. The third kappa shape index (κ3) is 2.64. The minimum absolute atomic E-state index is 0.254. The minimum Gasteiger partial charge on any atom is -0.474 e. The number of ether oxygens (including phenoxy) is 1. The van der Waals surface area contributed by atoms with E-state index in [1.165, 1.54) is 19.3 Å². The number of halogens is 1. The molecule has 1 aliphatic carbocycles. The Balaban J connectivity index is 2.10. The lowest BCUT2D eigenvalue weighted by Crippen LogP contribution is -2.28. The second-order valence-electron chi connectivity index (χ2n) is 4.55. The third-order valence-electron chi connectivity index (χ3n) is 3.19. The zero-order chi connectivity index (χ0) is 11.5. The van der Waals surface area contributed by atoms with Crippen molar-refractivity contribution in [1.82, 2.24) is 9.97 Å². The Labute approximate surface area is 101 Å². The summed E-state index contributed by atoms with van der Waals surface area (Å²) in [5, 5.41) is 0.254. The zero-order valence-corrected chi connectivity index (χ0v) is 10.5. The fourth-order valence-electron chi connectivity index (χ4n) is 2.13. The van der Waals surface area contributed by atoms with Crippen LogP contribution in [-0.4, -0.2) is 16.1 Å². The number of aryl methyl sites for hydroxylation is 1. The molecule has 2 rings (SSSR count). The third-order valence-corrected chi connectivity index (χ3v) is 3.37. The maximum atomic E-state index is 5.94. The van der Waals surface area contributed by atoms with E-state index in [4.69, 9.17) is 16.3 Å². The predicted octanol–water partition coefficient (Wildman–Crippen LogP) is 3.40. The van der Waals surface area contributed by atoms with E-state index in [-0.39, 0.29) is 11.4 Å². The van der Waals surface area contributed by atoms with E-state index in [0.29, 0.717) is 11.8 Å². The van der Waals surface area contributed by atoms with Gasteiger partial charge in [0.2, 0.25) is 11.2 Å². The summed E-state index contributed by atoms with van der Waals surface area (Å²) < 4.78 is 5.94. The van der Waals surface area contributed by atoms with Gasteiger partial charge in [0.25, 0.3) is 0 Å². The molecule has 0 radical (unpaired) electrons. The Kier molecular flexibility index (Phi) is 3.64. The van der Waals surface area contributed by atoms with Crippen LogP contribution in [0.3, 0.4) is 0 Å². The summed E-state index contributed by atoms with van der Waals surface area (Å²) in [6.45, 7) is 4.18. The lowest BCUT2D eigenvalue weighted by atomic mass is 9.88. The molecule has 2 atom stereocenters. The summed E-state index contributed by atoms with van der Waals surface area (Å²) in [7, 11) is 0. The van der Waals surface area contributed by atoms with E-state index in [2.05, 4.69) is 16.9 Å². The van der Waals surface area contributed by atoms with Gasteiger partial charge in [-0.25, -0.2) is 4.98 Å². The molecule has 0 saturated heterocycles. The fourth-order valence-corrected chi connectivity index (χ4v) is 2.25. The Morgan fingerprint density at radius 3 is 2.88 bits per heavy atom. The van der Waals surface area contributed by atoms with Gasteiger partial charge in [0.1, 0.15) is 6.10 Å². The van der Waals surface area contributed by atoms with Gasteiger partial charge in [-0.3, -0.25) is 0 Å². The highest BCUT2D eigenvalue weighted by molar-refractivity contribution is 6.28. The summed E-state index contributed by atoms with van der Waals surface area (Å²) in [5.41, 5.74) is 0.946. The molecule has 0 aromatic carbocycles. The van der Waals surface area contributed by atoms with Crippen molar-refractivity contribution in [3.8, 4) is 5.88 Å². The van der Waals surface area contributed by atoms with Gasteiger partial charge in [0.15, 0.2) is 0 Å². The van der Waals surface area contributed by atoms with E-state index in [9.17, 15) is 0 Å². The van der Waals surface area contributed by atoms with Crippen LogP contribution in [-0.2, 0) is 0 Å². The topological polar surface area (TPSA) is 35.0 Å². The molecule has 1 fully saturated rings. The van der Waals surface area contributed by atoms with Crippen LogP contribution < -0.4 is 4.74 Å². The molecule has 3 nitrogen and oxygen atoms in total. The van der Waals surface area contributed by atoms with Crippen LogP contribution in [0.2, 0.25) is 5.28 Å². The molecule has 2 unspecified atom stereocenters. The summed E-state index contributed by atoms with van der Waals surface area (Å²) in [5.74, 6) is 1.24. The maximum Gasteiger partial charge on any atom is 0.225 e. The minimum atomic E-state index is 0.254. The first-order valence-electron chi connectivity index (χ1n) is 5.82. The molecule has 0 N–H and O–H groups in total. The molecule has 0 bridgehead atoms. The van der Waals surface area contributed by atoms with Crippen LogP contribution in [0.4, 0.5) is 0 Å². The van der Waals surface area contributed by atoms with Gasteiger partial charge < -0.3 is 4.74 Å². The highest BCUT2D eigenvalue weighted by Crippen LogP contribution is 2.28. The van der Waals surface area contributed by atoms with E-state index < -0.39 is 0 Å². The molecule has 1 aliphatic rings. The molecule has 4 heteroatoms. The van der Waals surface area contributed by atoms with Crippen molar-refractivity contribution in [2.75, 3.05) is 0 Å². The Morgan fingerprint density at radius 1 is 1.38 bits per heavy atom. The Hall–Kier alpha value is -0.830. The van der Waals surface area contributed by atoms with Crippen LogP contribution in [0, 0.1) is 12.8 Å². The van der Waals surface area contributed by atoms with E-state index in [1.807, 2.05) is 6.92 Å². The van der Waals surface area contributed by atoms with E-state index >= 15 is 0 Å². The number of nitrogens with zero attached hydrogens (tertiary/aromatic N) is 2. The van der Waals surface area contributed by atoms with Crippen molar-refractivity contribution in [3.63, 3.8) is 0 Å². The fraction of sp³-hybridized carbons (Fsp3) is 0.667. The monoisotopic (exact) mass is 240 g/mol. The summed E-state index contributed by atoms with van der Waals surface area (Å²) in [6.07, 6.45) is 6.89. The van der Waals surface area contributed by atoms with Gasteiger partial charge in [-0.1, -0.05) is 13.3 Å². The predicted molar refractivity (Wildman–Crippen MR) is 63.8 cm³/mol. The first-order chi connectivity index (χ1) is 7.66. The van der Waals surface area contributed by atoms with Crippen LogP contribution >= 0.6 is 11.6 Å². The number of hydrogen-bond acceptors (Lipinski definition) is 3. The second-order valence-corrected chi connectivity index (χ2v) is 4.88. The largest absolute Gasteiger partial charge is 0.474 e. The Morgan fingerprint density at radius 2 is 2.12 bits per heavy atom. The highest BCUT2D eigenvalue weighted by atomic mass is 35.5. The van der Waals surface area contributed by atoms with Gasteiger partial charge in [-0.2, -0.15) is 4.98 Å². The van der Waals surface area contributed by atoms with Crippen molar-refractivity contribution in [3.05, 3.63) is 17.0 Å². The second kappa shape index (κ2) is 5.00. The lowest BCUT2D eigenvalue weighted by molar-refractivity contribution is 0.0966. The average Bonchev–Trinajstić information content (AvgIpc) is 2.27. The van der Waals surface area contributed by atoms with E-state index in [0.717, 1.165) is 12.0 Å². The molecule has 1 aromatic heterocycles. The quantitative estimate of drug-likeness (QED) is 0.744. The van der Waals surface area contributed by atoms with Crippen LogP contribution in [0.15, 0.2) is 6.20 Å². The molecule has 1 aromatic rings. The molecular formula is C12H17ClN2O. The molecule has 0 spiro atoms. The highest BCUT2D eigenvalue weighted by Gasteiger charge is 2.23. The molecule has 1 heterocycles. The standard InChI is InChI=1S/C12H17ClN2O/c1-8-5-3-4-6-10(8)16-11-9(2)7-14-12(13)15-11/h7-8,10H,3-6H2,1-2H3. The van der Waals surface area contributed by atoms with Gasteiger partial charge in [-0.05, 0) is 43.7 Å². The molecule has 0 aliphatic heterocycles. The number of rotatable bonds is 2.